The fourth-order valence-corrected chi connectivity index (χ4v) is 2.77. The van der Waals surface area contributed by atoms with Crippen LogP contribution in [0, 0.1) is 16.0 Å². The second-order valence-electron chi connectivity index (χ2n) is 5.60. The Morgan fingerprint density at radius 1 is 1.36 bits per heavy atom. The number of nitro benzene ring substituents is 1. The number of nitrogens with zero attached hydrogens (tertiary/aromatic N) is 1. The Hall–Kier alpha value is -2.31. The molecule has 1 amide bonds. The molecule has 2 rings (SSSR count). The molecular formula is C15H21N3O4. The highest BCUT2D eigenvalue weighted by Crippen LogP contribution is 2.28. The van der Waals surface area contributed by atoms with Crippen molar-refractivity contribution < 1.29 is 14.5 Å². The summed E-state index contributed by atoms with van der Waals surface area (Å²) in [5.74, 6) is 0.575. The summed E-state index contributed by atoms with van der Waals surface area (Å²) in [5, 5.41) is 14.4. The molecule has 0 radical (unpaired) electrons. The van der Waals surface area contributed by atoms with Crippen LogP contribution in [0.2, 0.25) is 0 Å². The van der Waals surface area contributed by atoms with E-state index in [0.29, 0.717) is 17.2 Å². The lowest BCUT2D eigenvalue weighted by Crippen LogP contribution is -2.17. The first-order valence-electron chi connectivity index (χ1n) is 7.49. The minimum Gasteiger partial charge on any atom is -0.445 e. The molecular weight excluding hydrogens is 286 g/mol. The molecule has 1 aliphatic rings. The van der Waals surface area contributed by atoms with Crippen molar-refractivity contribution in [1.29, 1.82) is 0 Å². The van der Waals surface area contributed by atoms with Crippen molar-refractivity contribution in [3.63, 3.8) is 0 Å². The molecule has 22 heavy (non-hydrogen) atoms. The van der Waals surface area contributed by atoms with Crippen LogP contribution in [0.3, 0.4) is 0 Å². The van der Waals surface area contributed by atoms with Crippen LogP contribution in [-0.2, 0) is 11.3 Å². The topological polar surface area (TPSA) is 107 Å². The number of ether oxygens (including phenoxy) is 1. The number of nitrogens with one attached hydrogen (secondary N) is 1. The number of nitrogens with two attached hydrogens (primary N) is 1. The van der Waals surface area contributed by atoms with E-state index in [0.717, 1.165) is 6.54 Å². The highest BCUT2D eigenvalue weighted by atomic mass is 16.6. The first-order chi connectivity index (χ1) is 10.6. The van der Waals surface area contributed by atoms with Gasteiger partial charge in [0, 0.05) is 12.6 Å². The molecule has 1 aromatic carbocycles. The van der Waals surface area contributed by atoms with Crippen LogP contribution < -0.4 is 11.1 Å². The zero-order valence-electron chi connectivity index (χ0n) is 12.4. The van der Waals surface area contributed by atoms with Crippen LogP contribution in [-0.4, -0.2) is 17.6 Å². The number of hydrogen-bond acceptors (Lipinski definition) is 5. The number of primary amides is 1. The monoisotopic (exact) mass is 307 g/mol. The molecule has 0 aromatic heterocycles. The highest BCUT2D eigenvalue weighted by Gasteiger charge is 2.18. The summed E-state index contributed by atoms with van der Waals surface area (Å²) in [6.45, 7) is 0.678. The van der Waals surface area contributed by atoms with Gasteiger partial charge in [0.15, 0.2) is 0 Å². The maximum Gasteiger partial charge on any atom is 0.404 e. The van der Waals surface area contributed by atoms with Crippen molar-refractivity contribution in [3.05, 3.63) is 33.9 Å². The fourth-order valence-electron chi connectivity index (χ4n) is 2.77. The molecule has 1 fully saturated rings. The lowest BCUT2D eigenvalue weighted by molar-refractivity contribution is -0.384. The van der Waals surface area contributed by atoms with E-state index < -0.39 is 11.0 Å². The van der Waals surface area contributed by atoms with Crippen LogP contribution >= 0.6 is 0 Å². The molecule has 0 atom stereocenters. The first-order valence-corrected chi connectivity index (χ1v) is 7.49. The van der Waals surface area contributed by atoms with Gasteiger partial charge in [-0.3, -0.25) is 10.1 Å². The molecule has 7 heteroatoms. The van der Waals surface area contributed by atoms with E-state index in [1.807, 2.05) is 0 Å². The van der Waals surface area contributed by atoms with E-state index in [-0.39, 0.29) is 12.3 Å². The summed E-state index contributed by atoms with van der Waals surface area (Å²) in [7, 11) is 0. The van der Waals surface area contributed by atoms with Crippen molar-refractivity contribution in [1.82, 2.24) is 0 Å². The number of carbonyl (C=O) groups is 1. The molecule has 1 saturated carbocycles. The summed E-state index contributed by atoms with van der Waals surface area (Å²) in [5.41, 5.74) is 5.91. The van der Waals surface area contributed by atoms with Gasteiger partial charge in [0.25, 0.3) is 5.69 Å². The quantitative estimate of drug-likeness (QED) is 0.620. The Balaban J connectivity index is 2.02. The molecule has 1 aromatic rings. The van der Waals surface area contributed by atoms with Gasteiger partial charge in [0.05, 0.1) is 4.92 Å². The zero-order chi connectivity index (χ0) is 15.9. The van der Waals surface area contributed by atoms with Gasteiger partial charge in [-0.25, -0.2) is 4.79 Å². The minimum atomic E-state index is -0.901. The lowest BCUT2D eigenvalue weighted by atomic mass is 9.89. The van der Waals surface area contributed by atoms with Crippen LogP contribution in [0.5, 0.6) is 0 Å². The third-order valence-corrected chi connectivity index (χ3v) is 3.95. The van der Waals surface area contributed by atoms with E-state index in [1.54, 1.807) is 12.1 Å². The van der Waals surface area contributed by atoms with Crippen LogP contribution in [0.15, 0.2) is 18.2 Å². The number of carbonyl (C=O) groups excluding carboxylic acids is 1. The predicted octanol–water partition coefficient (Wildman–Crippen LogP) is 3.18. The molecule has 1 aliphatic carbocycles. The molecule has 0 bridgehead atoms. The Morgan fingerprint density at radius 2 is 2.09 bits per heavy atom. The van der Waals surface area contributed by atoms with E-state index >= 15 is 0 Å². The normalized spacial score (nSPS) is 15.3. The van der Waals surface area contributed by atoms with E-state index in [4.69, 9.17) is 5.73 Å². The Labute approximate surface area is 129 Å². The third kappa shape index (κ3) is 4.61. The number of nitro groups is 1. The van der Waals surface area contributed by atoms with Crippen molar-refractivity contribution in [2.75, 3.05) is 11.9 Å². The van der Waals surface area contributed by atoms with Gasteiger partial charge in [0.1, 0.15) is 12.3 Å². The maximum absolute atomic E-state index is 11.2. The number of benzene rings is 1. The Bertz CT molecular complexity index is 542. The zero-order valence-corrected chi connectivity index (χ0v) is 12.4. The van der Waals surface area contributed by atoms with Gasteiger partial charge in [-0.15, -0.1) is 0 Å². The molecule has 0 unspecified atom stereocenters. The second-order valence-corrected chi connectivity index (χ2v) is 5.60. The number of amides is 1. The molecule has 0 saturated heterocycles. The van der Waals surface area contributed by atoms with E-state index in [2.05, 4.69) is 10.1 Å². The maximum atomic E-state index is 11.2. The number of rotatable bonds is 6. The average Bonchev–Trinajstić information content (AvgIpc) is 2.52. The standard InChI is InChI=1S/C15H21N3O4/c16-15(19)22-10-12-6-7-13(14(8-12)18(20)21)17-9-11-4-2-1-3-5-11/h6-8,11,17H,1-5,9-10H2,(H2,16,19). The number of anilines is 1. The fraction of sp³-hybridized carbons (Fsp3) is 0.533. The lowest BCUT2D eigenvalue weighted by Gasteiger charge is -2.22. The molecule has 3 N–H and O–H groups in total. The van der Waals surface area contributed by atoms with Crippen LogP contribution in [0.1, 0.15) is 37.7 Å². The second kappa shape index (κ2) is 7.63. The van der Waals surface area contributed by atoms with Crippen LogP contribution in [0.25, 0.3) is 0 Å². The van der Waals surface area contributed by atoms with E-state index in [9.17, 15) is 14.9 Å². The van der Waals surface area contributed by atoms with Crippen molar-refractivity contribution in [2.24, 2.45) is 11.7 Å². The van der Waals surface area contributed by atoms with Crippen molar-refractivity contribution in [3.8, 4) is 0 Å². The van der Waals surface area contributed by atoms with Gasteiger partial charge in [-0.1, -0.05) is 25.3 Å². The molecule has 0 heterocycles. The SMILES string of the molecule is NC(=O)OCc1ccc(NCC2CCCCC2)c([N+](=O)[O-])c1. The molecule has 7 nitrogen and oxygen atoms in total. The highest BCUT2D eigenvalue weighted by molar-refractivity contribution is 5.65. The molecule has 120 valence electrons. The largest absolute Gasteiger partial charge is 0.445 e. The molecule has 0 aliphatic heterocycles. The van der Waals surface area contributed by atoms with Gasteiger partial charge in [-0.05, 0) is 30.4 Å². The predicted molar refractivity (Wildman–Crippen MR) is 82.5 cm³/mol. The smallest absolute Gasteiger partial charge is 0.404 e. The first kappa shape index (κ1) is 16.1. The third-order valence-electron chi connectivity index (χ3n) is 3.95. The summed E-state index contributed by atoms with van der Waals surface area (Å²) >= 11 is 0. The van der Waals surface area contributed by atoms with Crippen molar-refractivity contribution in [2.45, 2.75) is 38.7 Å². The Kier molecular flexibility index (Phi) is 5.57. The van der Waals surface area contributed by atoms with Gasteiger partial charge < -0.3 is 15.8 Å². The van der Waals surface area contributed by atoms with E-state index in [1.165, 1.54) is 38.2 Å². The van der Waals surface area contributed by atoms with Gasteiger partial charge in [0.2, 0.25) is 0 Å². The van der Waals surface area contributed by atoms with Gasteiger partial charge >= 0.3 is 6.09 Å². The summed E-state index contributed by atoms with van der Waals surface area (Å²) in [6.07, 6.45) is 5.19. The summed E-state index contributed by atoms with van der Waals surface area (Å²) in [6, 6.07) is 4.76. The average molecular weight is 307 g/mol. The minimum absolute atomic E-state index is 0.0126. The van der Waals surface area contributed by atoms with Crippen LogP contribution in [0.4, 0.5) is 16.2 Å². The molecule has 0 spiro atoms. The Morgan fingerprint density at radius 3 is 2.73 bits per heavy atom. The summed E-state index contributed by atoms with van der Waals surface area (Å²) < 4.78 is 4.65. The van der Waals surface area contributed by atoms with Crippen molar-refractivity contribution >= 4 is 17.5 Å². The number of hydrogen-bond donors (Lipinski definition) is 2. The summed E-state index contributed by atoms with van der Waals surface area (Å²) in [4.78, 5) is 21.4. The van der Waals surface area contributed by atoms with Gasteiger partial charge in [-0.2, -0.15) is 0 Å².